The number of rotatable bonds is 4. The highest BCUT2D eigenvalue weighted by Gasteiger charge is 2.34. The Labute approximate surface area is 159 Å². The first-order valence-electron chi connectivity index (χ1n) is 8.49. The number of anilines is 1. The minimum atomic E-state index is -4.53. The number of nitrogens with zero attached hydrogens (tertiary/aromatic N) is 4. The summed E-state index contributed by atoms with van der Waals surface area (Å²) >= 11 is 0. The van der Waals surface area contributed by atoms with E-state index in [1.54, 1.807) is 28.0 Å². The molecule has 7 nitrogen and oxygen atoms in total. The highest BCUT2D eigenvalue weighted by molar-refractivity contribution is 5.98. The fourth-order valence-electron chi connectivity index (χ4n) is 3.04. The number of methoxy groups -OCH3 is 2. The van der Waals surface area contributed by atoms with Crippen LogP contribution in [0.3, 0.4) is 0 Å². The molecule has 1 amide bonds. The molecule has 0 radical (unpaired) electrons. The Bertz CT molecular complexity index is 852. The van der Waals surface area contributed by atoms with Crippen molar-refractivity contribution in [2.24, 2.45) is 0 Å². The van der Waals surface area contributed by atoms with Crippen LogP contribution in [0.15, 0.2) is 30.6 Å². The van der Waals surface area contributed by atoms with Gasteiger partial charge >= 0.3 is 6.18 Å². The summed E-state index contributed by atoms with van der Waals surface area (Å²) in [6, 6.07) is 5.96. The van der Waals surface area contributed by atoms with Crippen LogP contribution >= 0.6 is 0 Å². The molecule has 1 aromatic heterocycles. The summed E-state index contributed by atoms with van der Waals surface area (Å²) < 4.78 is 49.0. The fourth-order valence-corrected chi connectivity index (χ4v) is 3.04. The molecule has 3 rings (SSSR count). The number of ether oxygens (including phenoxy) is 2. The van der Waals surface area contributed by atoms with Gasteiger partial charge in [-0.3, -0.25) is 4.79 Å². The molecule has 1 aliphatic rings. The van der Waals surface area contributed by atoms with Crippen LogP contribution in [-0.4, -0.2) is 61.2 Å². The van der Waals surface area contributed by atoms with Gasteiger partial charge in [0.1, 0.15) is 17.8 Å². The lowest BCUT2D eigenvalue weighted by atomic mass is 10.1. The zero-order chi connectivity index (χ0) is 20.3. The third-order valence-corrected chi connectivity index (χ3v) is 4.47. The molecule has 0 spiro atoms. The zero-order valence-corrected chi connectivity index (χ0v) is 15.4. The van der Waals surface area contributed by atoms with E-state index in [2.05, 4.69) is 9.97 Å². The van der Waals surface area contributed by atoms with E-state index in [1.807, 2.05) is 0 Å². The Morgan fingerprint density at radius 1 is 1.07 bits per heavy atom. The number of aromatic nitrogens is 2. The predicted octanol–water partition coefficient (Wildman–Crippen LogP) is 2.48. The quantitative estimate of drug-likeness (QED) is 0.791. The van der Waals surface area contributed by atoms with Gasteiger partial charge in [0, 0.05) is 32.2 Å². The van der Waals surface area contributed by atoms with Crippen LogP contribution in [0.4, 0.5) is 19.0 Å². The van der Waals surface area contributed by atoms with E-state index in [0.717, 1.165) is 12.4 Å². The first-order valence-corrected chi connectivity index (χ1v) is 8.49. The van der Waals surface area contributed by atoms with Crippen LogP contribution in [0, 0.1) is 0 Å². The van der Waals surface area contributed by atoms with Gasteiger partial charge in [0.2, 0.25) is 0 Å². The second kappa shape index (κ2) is 7.91. The van der Waals surface area contributed by atoms with E-state index >= 15 is 0 Å². The minimum absolute atomic E-state index is 0.188. The standard InChI is InChI=1S/C18H19F3N4O3/c1-27-13-5-3-4-12(16(13)28-2)17(26)25-8-6-24(7-9-25)15-10-14(18(19,20)21)22-11-23-15/h3-5,10-11H,6-9H2,1-2H3. The van der Waals surface area contributed by atoms with Crippen LogP contribution < -0.4 is 14.4 Å². The van der Waals surface area contributed by atoms with Gasteiger partial charge < -0.3 is 19.3 Å². The smallest absolute Gasteiger partial charge is 0.433 e. The maximum absolute atomic E-state index is 12.9. The molecule has 1 saturated heterocycles. The summed E-state index contributed by atoms with van der Waals surface area (Å²) in [7, 11) is 2.95. The fraction of sp³-hybridized carbons (Fsp3) is 0.389. The molecule has 28 heavy (non-hydrogen) atoms. The van der Waals surface area contributed by atoms with Gasteiger partial charge in [0.05, 0.1) is 19.8 Å². The van der Waals surface area contributed by atoms with Crippen LogP contribution in [0.25, 0.3) is 0 Å². The van der Waals surface area contributed by atoms with Gasteiger partial charge in [-0.25, -0.2) is 9.97 Å². The number of alkyl halides is 3. The number of hydrogen-bond donors (Lipinski definition) is 0. The summed E-state index contributed by atoms with van der Waals surface area (Å²) in [5, 5.41) is 0. The lowest BCUT2D eigenvalue weighted by molar-refractivity contribution is -0.141. The molecule has 150 valence electrons. The Balaban J connectivity index is 1.72. The lowest BCUT2D eigenvalue weighted by Gasteiger charge is -2.35. The Hall–Kier alpha value is -3.04. The predicted molar refractivity (Wildman–Crippen MR) is 94.7 cm³/mol. The summed E-state index contributed by atoms with van der Waals surface area (Å²) in [5.74, 6) is 0.762. The molecule has 0 unspecified atom stereocenters. The second-order valence-electron chi connectivity index (χ2n) is 6.08. The molecule has 2 aromatic rings. The van der Waals surface area contributed by atoms with E-state index in [4.69, 9.17) is 9.47 Å². The minimum Gasteiger partial charge on any atom is -0.493 e. The number of benzene rings is 1. The van der Waals surface area contributed by atoms with Gasteiger partial charge in [-0.1, -0.05) is 6.07 Å². The van der Waals surface area contributed by atoms with Crippen LogP contribution in [0.5, 0.6) is 11.5 Å². The SMILES string of the molecule is COc1cccc(C(=O)N2CCN(c3cc(C(F)(F)F)ncn3)CC2)c1OC. The van der Waals surface area contributed by atoms with Gasteiger partial charge in [-0.15, -0.1) is 0 Å². The Kier molecular flexibility index (Phi) is 5.57. The largest absolute Gasteiger partial charge is 0.493 e. The third kappa shape index (κ3) is 3.95. The molecule has 0 aliphatic carbocycles. The molecule has 0 saturated carbocycles. The summed E-state index contributed by atoms with van der Waals surface area (Å²) in [6.07, 6.45) is -3.63. The number of carbonyl (C=O) groups is 1. The second-order valence-corrected chi connectivity index (χ2v) is 6.08. The van der Waals surface area contributed by atoms with Crippen molar-refractivity contribution in [2.45, 2.75) is 6.18 Å². The molecule has 10 heteroatoms. The van der Waals surface area contributed by atoms with Gasteiger partial charge in [-0.2, -0.15) is 13.2 Å². The number of piperazine rings is 1. The van der Waals surface area contributed by atoms with Crippen LogP contribution in [0.1, 0.15) is 16.1 Å². The van der Waals surface area contributed by atoms with Gasteiger partial charge in [-0.05, 0) is 12.1 Å². The summed E-state index contributed by atoms with van der Waals surface area (Å²) in [4.78, 5) is 23.4. The van der Waals surface area contributed by atoms with E-state index in [0.29, 0.717) is 43.2 Å². The maximum Gasteiger partial charge on any atom is 0.433 e. The Morgan fingerprint density at radius 3 is 2.39 bits per heavy atom. The van der Waals surface area contributed by atoms with Crippen molar-refractivity contribution >= 4 is 11.7 Å². The average Bonchev–Trinajstić information content (AvgIpc) is 2.72. The monoisotopic (exact) mass is 396 g/mol. The summed E-state index contributed by atoms with van der Waals surface area (Å²) in [5.41, 5.74) is -0.617. The van der Waals surface area contributed by atoms with Crippen molar-refractivity contribution in [3.63, 3.8) is 0 Å². The normalized spacial score (nSPS) is 14.8. The molecule has 0 N–H and O–H groups in total. The van der Waals surface area contributed by atoms with Crippen molar-refractivity contribution in [3.8, 4) is 11.5 Å². The number of amides is 1. The Morgan fingerprint density at radius 2 is 1.79 bits per heavy atom. The molecule has 1 fully saturated rings. The molecule has 0 bridgehead atoms. The number of carbonyl (C=O) groups excluding carboxylic acids is 1. The number of para-hydroxylation sites is 1. The van der Waals surface area contributed by atoms with E-state index < -0.39 is 11.9 Å². The number of hydrogen-bond acceptors (Lipinski definition) is 6. The van der Waals surface area contributed by atoms with Crippen molar-refractivity contribution < 1.29 is 27.4 Å². The third-order valence-electron chi connectivity index (χ3n) is 4.47. The van der Waals surface area contributed by atoms with E-state index in [9.17, 15) is 18.0 Å². The lowest BCUT2D eigenvalue weighted by Crippen LogP contribution is -2.49. The molecule has 2 heterocycles. The number of halogens is 3. The highest BCUT2D eigenvalue weighted by atomic mass is 19.4. The van der Waals surface area contributed by atoms with Gasteiger partial charge in [0.25, 0.3) is 5.91 Å². The molecular weight excluding hydrogens is 377 g/mol. The van der Waals surface area contributed by atoms with Crippen molar-refractivity contribution in [2.75, 3.05) is 45.3 Å². The average molecular weight is 396 g/mol. The first kappa shape index (κ1) is 19.7. The topological polar surface area (TPSA) is 67.8 Å². The van der Waals surface area contributed by atoms with Crippen molar-refractivity contribution in [1.29, 1.82) is 0 Å². The highest BCUT2D eigenvalue weighted by Crippen LogP contribution is 2.32. The molecular formula is C18H19F3N4O3. The molecule has 1 aliphatic heterocycles. The van der Waals surface area contributed by atoms with Crippen LogP contribution in [-0.2, 0) is 6.18 Å². The van der Waals surface area contributed by atoms with E-state index in [-0.39, 0.29) is 11.7 Å². The molecule has 0 atom stereocenters. The molecule has 1 aromatic carbocycles. The van der Waals surface area contributed by atoms with E-state index in [1.165, 1.54) is 14.2 Å². The summed E-state index contributed by atoms with van der Waals surface area (Å²) in [6.45, 7) is 1.38. The van der Waals surface area contributed by atoms with Crippen LogP contribution in [0.2, 0.25) is 0 Å². The maximum atomic E-state index is 12.9. The first-order chi connectivity index (χ1) is 13.3. The van der Waals surface area contributed by atoms with Crippen molar-refractivity contribution in [1.82, 2.24) is 14.9 Å². The van der Waals surface area contributed by atoms with Gasteiger partial charge in [0.15, 0.2) is 11.5 Å². The van der Waals surface area contributed by atoms with Crippen molar-refractivity contribution in [3.05, 3.63) is 41.9 Å². The zero-order valence-electron chi connectivity index (χ0n) is 15.4.